The molecule has 5 heteroatoms. The maximum atomic E-state index is 11.0. The summed E-state index contributed by atoms with van der Waals surface area (Å²) in [6.45, 7) is 2.01. The van der Waals surface area contributed by atoms with Gasteiger partial charge in [0, 0.05) is 29.4 Å². The van der Waals surface area contributed by atoms with E-state index >= 15 is 0 Å². The summed E-state index contributed by atoms with van der Waals surface area (Å²) in [6.07, 6.45) is 3.64. The summed E-state index contributed by atoms with van der Waals surface area (Å²) in [4.78, 5) is 15.3. The van der Waals surface area contributed by atoms with Crippen molar-refractivity contribution in [2.45, 2.75) is 6.92 Å². The maximum Gasteiger partial charge on any atom is 0.339 e. The topological polar surface area (TPSA) is 74.8 Å². The number of phenols is 1. The summed E-state index contributed by atoms with van der Waals surface area (Å²) < 4.78 is 2.06. The molecule has 0 aliphatic rings. The summed E-state index contributed by atoms with van der Waals surface area (Å²) in [6, 6.07) is 16.2. The van der Waals surface area contributed by atoms with Crippen molar-refractivity contribution in [1.82, 2.24) is 4.57 Å². The lowest BCUT2D eigenvalue weighted by Crippen LogP contribution is -1.95. The molecule has 120 valence electrons. The van der Waals surface area contributed by atoms with E-state index in [0.29, 0.717) is 5.69 Å². The first-order valence-corrected chi connectivity index (χ1v) is 7.39. The number of aromatic nitrogens is 1. The Balaban J connectivity index is 1.88. The third-order valence-electron chi connectivity index (χ3n) is 3.64. The van der Waals surface area contributed by atoms with Gasteiger partial charge in [0.1, 0.15) is 11.3 Å². The molecule has 0 bridgehead atoms. The highest BCUT2D eigenvalue weighted by molar-refractivity contribution is 5.92. The van der Waals surface area contributed by atoms with E-state index in [-0.39, 0.29) is 11.3 Å². The van der Waals surface area contributed by atoms with Gasteiger partial charge in [0.2, 0.25) is 0 Å². The predicted molar refractivity (Wildman–Crippen MR) is 92.8 cm³/mol. The number of rotatable bonds is 4. The van der Waals surface area contributed by atoms with E-state index in [9.17, 15) is 9.90 Å². The molecule has 1 heterocycles. The number of hydrogen-bond donors (Lipinski definition) is 2. The van der Waals surface area contributed by atoms with Crippen LogP contribution in [0.4, 0.5) is 5.69 Å². The molecule has 0 aliphatic heterocycles. The fourth-order valence-corrected chi connectivity index (χ4v) is 2.46. The number of aryl methyl sites for hydroxylation is 1. The highest BCUT2D eigenvalue weighted by Gasteiger charge is 2.09. The number of para-hydroxylation sites is 1. The molecule has 0 saturated carbocycles. The Bertz CT molecular complexity index is 912. The molecule has 0 aliphatic carbocycles. The highest BCUT2D eigenvalue weighted by Crippen LogP contribution is 2.23. The van der Waals surface area contributed by atoms with Crippen molar-refractivity contribution in [2.24, 2.45) is 4.99 Å². The Hall–Kier alpha value is -3.34. The molecule has 5 nitrogen and oxygen atoms in total. The van der Waals surface area contributed by atoms with Crippen LogP contribution >= 0.6 is 0 Å². The van der Waals surface area contributed by atoms with Gasteiger partial charge in [-0.1, -0.05) is 18.2 Å². The first kappa shape index (κ1) is 15.6. The minimum absolute atomic E-state index is 0.164. The van der Waals surface area contributed by atoms with Gasteiger partial charge >= 0.3 is 5.97 Å². The molecule has 0 fully saturated rings. The lowest BCUT2D eigenvalue weighted by Gasteiger charge is -2.04. The Morgan fingerprint density at radius 1 is 1.12 bits per heavy atom. The summed E-state index contributed by atoms with van der Waals surface area (Å²) in [7, 11) is 0. The number of carbonyl (C=O) groups is 1. The van der Waals surface area contributed by atoms with Gasteiger partial charge in [0.15, 0.2) is 0 Å². The smallest absolute Gasteiger partial charge is 0.339 e. The van der Waals surface area contributed by atoms with Crippen molar-refractivity contribution >= 4 is 17.9 Å². The fraction of sp³-hybridized carbons (Fsp3) is 0.0526. The number of aromatic carboxylic acids is 1. The third kappa shape index (κ3) is 3.20. The second kappa shape index (κ2) is 6.42. The fourth-order valence-electron chi connectivity index (χ4n) is 2.46. The van der Waals surface area contributed by atoms with Gasteiger partial charge in [0.25, 0.3) is 0 Å². The number of carboxylic acids is 1. The lowest BCUT2D eigenvalue weighted by molar-refractivity contribution is 0.0694. The minimum atomic E-state index is -1.18. The third-order valence-corrected chi connectivity index (χ3v) is 3.64. The van der Waals surface area contributed by atoms with Gasteiger partial charge in [-0.05, 0) is 43.3 Å². The average molecular weight is 320 g/mol. The van der Waals surface area contributed by atoms with E-state index in [4.69, 9.17) is 5.11 Å². The second-order valence-electron chi connectivity index (χ2n) is 5.39. The Kier molecular flexibility index (Phi) is 4.16. The van der Waals surface area contributed by atoms with Gasteiger partial charge in [-0.15, -0.1) is 0 Å². The van der Waals surface area contributed by atoms with Gasteiger partial charge in [-0.2, -0.15) is 0 Å². The molecule has 0 atom stereocenters. The number of hydrogen-bond acceptors (Lipinski definition) is 3. The van der Waals surface area contributed by atoms with Gasteiger partial charge in [0.05, 0.1) is 5.69 Å². The number of nitrogens with zero attached hydrogens (tertiary/aromatic N) is 2. The van der Waals surface area contributed by atoms with Crippen molar-refractivity contribution in [2.75, 3.05) is 0 Å². The normalized spacial score (nSPS) is 11.0. The molecule has 2 aromatic carbocycles. The summed E-state index contributed by atoms with van der Waals surface area (Å²) in [5, 5.41) is 18.5. The second-order valence-corrected chi connectivity index (χ2v) is 5.39. The van der Waals surface area contributed by atoms with E-state index in [0.717, 1.165) is 16.9 Å². The molecule has 0 unspecified atom stereocenters. The van der Waals surface area contributed by atoms with Crippen LogP contribution in [0, 0.1) is 6.92 Å². The molecule has 24 heavy (non-hydrogen) atoms. The van der Waals surface area contributed by atoms with Crippen LogP contribution in [0.2, 0.25) is 0 Å². The van der Waals surface area contributed by atoms with Crippen molar-refractivity contribution in [3.05, 3.63) is 77.6 Å². The quantitative estimate of drug-likeness (QED) is 0.715. The van der Waals surface area contributed by atoms with Crippen LogP contribution < -0.4 is 0 Å². The van der Waals surface area contributed by atoms with E-state index in [2.05, 4.69) is 9.56 Å². The van der Waals surface area contributed by atoms with Crippen LogP contribution in [0.15, 0.2) is 65.8 Å². The summed E-state index contributed by atoms with van der Waals surface area (Å²) in [5.41, 5.74) is 3.34. The monoisotopic (exact) mass is 320 g/mol. The van der Waals surface area contributed by atoms with Crippen LogP contribution in [0.5, 0.6) is 5.75 Å². The molecule has 0 amide bonds. The summed E-state index contributed by atoms with van der Waals surface area (Å²) in [5.74, 6) is -1.46. The van der Waals surface area contributed by atoms with Crippen LogP contribution in [-0.2, 0) is 0 Å². The van der Waals surface area contributed by atoms with Crippen molar-refractivity contribution in [1.29, 1.82) is 0 Å². The first-order valence-electron chi connectivity index (χ1n) is 7.39. The molecule has 1 aromatic heterocycles. The molecular weight excluding hydrogens is 304 g/mol. The number of aromatic hydroxyl groups is 1. The standard InChI is InChI=1S/C19H16N2O3/c1-13-9-14(12-21(13)16-5-3-2-4-6-16)11-20-15-7-8-18(22)17(10-15)19(23)24/h2-12,22H,1H3,(H,23,24). The Morgan fingerprint density at radius 3 is 2.58 bits per heavy atom. The number of benzene rings is 2. The SMILES string of the molecule is Cc1cc(C=Nc2ccc(O)c(C(=O)O)c2)cn1-c1ccccc1. The van der Waals surface area contributed by atoms with Crippen molar-refractivity contribution in [3.63, 3.8) is 0 Å². The zero-order valence-electron chi connectivity index (χ0n) is 13.0. The molecule has 3 rings (SSSR count). The highest BCUT2D eigenvalue weighted by atomic mass is 16.4. The van der Waals surface area contributed by atoms with E-state index in [1.165, 1.54) is 12.1 Å². The van der Waals surface area contributed by atoms with Crippen LogP contribution in [-0.4, -0.2) is 27.0 Å². The maximum absolute atomic E-state index is 11.0. The summed E-state index contributed by atoms with van der Waals surface area (Å²) >= 11 is 0. The van der Waals surface area contributed by atoms with Crippen LogP contribution in [0.3, 0.4) is 0 Å². The van der Waals surface area contributed by atoms with Crippen molar-refractivity contribution in [3.8, 4) is 11.4 Å². The first-order chi connectivity index (χ1) is 11.5. The molecule has 0 spiro atoms. The average Bonchev–Trinajstić information content (AvgIpc) is 2.95. The van der Waals surface area contributed by atoms with Crippen LogP contribution in [0.25, 0.3) is 5.69 Å². The lowest BCUT2D eigenvalue weighted by atomic mass is 10.2. The minimum Gasteiger partial charge on any atom is -0.507 e. The largest absolute Gasteiger partial charge is 0.507 e. The number of carboxylic acid groups (broad SMARTS) is 1. The van der Waals surface area contributed by atoms with E-state index in [1.807, 2.05) is 49.5 Å². The van der Waals surface area contributed by atoms with Crippen molar-refractivity contribution < 1.29 is 15.0 Å². The predicted octanol–water partition coefficient (Wildman–Crippen LogP) is 3.94. The molecule has 0 radical (unpaired) electrons. The molecule has 2 N–H and O–H groups in total. The molecular formula is C19H16N2O3. The van der Waals surface area contributed by atoms with E-state index in [1.54, 1.807) is 12.3 Å². The van der Waals surface area contributed by atoms with Gasteiger partial charge < -0.3 is 14.8 Å². The Labute approximate surface area is 139 Å². The molecule has 3 aromatic rings. The van der Waals surface area contributed by atoms with E-state index < -0.39 is 5.97 Å². The molecule has 0 saturated heterocycles. The zero-order valence-corrected chi connectivity index (χ0v) is 13.0. The van der Waals surface area contributed by atoms with Gasteiger partial charge in [-0.3, -0.25) is 4.99 Å². The Morgan fingerprint density at radius 2 is 1.88 bits per heavy atom. The van der Waals surface area contributed by atoms with Gasteiger partial charge in [-0.25, -0.2) is 4.79 Å². The zero-order chi connectivity index (χ0) is 17.1. The van der Waals surface area contributed by atoms with Crippen LogP contribution in [0.1, 0.15) is 21.6 Å². The number of aliphatic imine (C=N–C) groups is 1.